The maximum atomic E-state index is 11.1. The highest BCUT2D eigenvalue weighted by Gasteiger charge is 2.04. The van der Waals surface area contributed by atoms with Gasteiger partial charge in [-0.25, -0.2) is 0 Å². The Morgan fingerprint density at radius 3 is 2.74 bits per heavy atom. The number of benzene rings is 1. The Kier molecular flexibility index (Phi) is 6.15. The summed E-state index contributed by atoms with van der Waals surface area (Å²) in [6, 6.07) is 4.99. The predicted octanol–water partition coefficient (Wildman–Crippen LogP) is 1.98. The lowest BCUT2D eigenvalue weighted by Gasteiger charge is -2.11. The molecule has 0 unspecified atom stereocenters. The van der Waals surface area contributed by atoms with Gasteiger partial charge in [-0.3, -0.25) is 4.79 Å². The molecule has 1 aromatic carbocycles. The van der Waals surface area contributed by atoms with Gasteiger partial charge in [0.05, 0.1) is 17.5 Å². The monoisotopic (exact) mass is 265 g/mol. The molecule has 1 amide bonds. The number of primary amides is 1. The third kappa shape index (κ3) is 5.61. The maximum Gasteiger partial charge on any atom is 0.248 e. The molecular formula is C14H23N3O2. The van der Waals surface area contributed by atoms with Gasteiger partial charge in [0.1, 0.15) is 0 Å². The Labute approximate surface area is 114 Å². The molecule has 5 nitrogen and oxygen atoms in total. The summed E-state index contributed by atoms with van der Waals surface area (Å²) in [5, 5.41) is 3.21. The van der Waals surface area contributed by atoms with Crippen LogP contribution in [0.15, 0.2) is 18.2 Å². The van der Waals surface area contributed by atoms with Gasteiger partial charge in [-0.05, 0) is 44.9 Å². The van der Waals surface area contributed by atoms with Crippen molar-refractivity contribution in [1.29, 1.82) is 0 Å². The Morgan fingerprint density at radius 2 is 2.11 bits per heavy atom. The van der Waals surface area contributed by atoms with Crippen molar-refractivity contribution >= 4 is 17.3 Å². The molecule has 0 saturated heterocycles. The molecule has 0 atom stereocenters. The minimum absolute atomic E-state index is 0.274. The van der Waals surface area contributed by atoms with E-state index in [0.29, 0.717) is 11.3 Å². The molecule has 19 heavy (non-hydrogen) atoms. The van der Waals surface area contributed by atoms with E-state index in [1.54, 1.807) is 18.2 Å². The van der Waals surface area contributed by atoms with E-state index in [9.17, 15) is 4.79 Å². The van der Waals surface area contributed by atoms with E-state index in [0.717, 1.165) is 31.7 Å². The van der Waals surface area contributed by atoms with Crippen LogP contribution in [0.5, 0.6) is 0 Å². The molecule has 5 heteroatoms. The van der Waals surface area contributed by atoms with E-state index < -0.39 is 5.91 Å². The smallest absolute Gasteiger partial charge is 0.248 e. The fraction of sp³-hybridized carbons (Fsp3) is 0.500. The van der Waals surface area contributed by atoms with Gasteiger partial charge in [-0.2, -0.15) is 0 Å². The van der Waals surface area contributed by atoms with Crippen molar-refractivity contribution in [1.82, 2.24) is 0 Å². The Bertz CT molecular complexity index is 419. The van der Waals surface area contributed by atoms with Crippen molar-refractivity contribution in [2.45, 2.75) is 32.8 Å². The second-order valence-electron chi connectivity index (χ2n) is 4.72. The largest absolute Gasteiger partial charge is 0.397 e. The number of nitrogens with two attached hydrogens (primary N) is 2. The number of hydrogen-bond donors (Lipinski definition) is 3. The summed E-state index contributed by atoms with van der Waals surface area (Å²) in [6.45, 7) is 5.59. The number of carbonyl (C=O) groups excluding carboxylic acids is 1. The summed E-state index contributed by atoms with van der Waals surface area (Å²) < 4.78 is 5.45. The second-order valence-corrected chi connectivity index (χ2v) is 4.72. The summed E-state index contributed by atoms with van der Waals surface area (Å²) in [5.41, 5.74) is 12.9. The van der Waals surface area contributed by atoms with Crippen LogP contribution in [0.25, 0.3) is 0 Å². The Hall–Kier alpha value is -1.75. The molecule has 1 aromatic rings. The fourth-order valence-electron chi connectivity index (χ4n) is 1.63. The van der Waals surface area contributed by atoms with Crippen LogP contribution in [0, 0.1) is 0 Å². The van der Waals surface area contributed by atoms with E-state index in [2.05, 4.69) is 5.32 Å². The van der Waals surface area contributed by atoms with Crippen LogP contribution in [-0.2, 0) is 4.74 Å². The van der Waals surface area contributed by atoms with Crippen molar-refractivity contribution in [3.63, 3.8) is 0 Å². The van der Waals surface area contributed by atoms with Crippen molar-refractivity contribution in [2.24, 2.45) is 5.73 Å². The highest BCUT2D eigenvalue weighted by molar-refractivity contribution is 5.94. The van der Waals surface area contributed by atoms with Crippen LogP contribution in [0.2, 0.25) is 0 Å². The van der Waals surface area contributed by atoms with Gasteiger partial charge < -0.3 is 21.5 Å². The van der Waals surface area contributed by atoms with E-state index in [4.69, 9.17) is 16.2 Å². The van der Waals surface area contributed by atoms with Crippen LogP contribution >= 0.6 is 0 Å². The number of ether oxygens (including phenoxy) is 1. The lowest BCUT2D eigenvalue weighted by atomic mass is 10.1. The van der Waals surface area contributed by atoms with Crippen molar-refractivity contribution in [3.8, 4) is 0 Å². The first-order chi connectivity index (χ1) is 9.00. The van der Waals surface area contributed by atoms with Gasteiger partial charge in [0.2, 0.25) is 5.91 Å². The first-order valence-electron chi connectivity index (χ1n) is 6.55. The number of rotatable bonds is 8. The molecule has 0 aliphatic heterocycles. The van der Waals surface area contributed by atoms with E-state index >= 15 is 0 Å². The lowest BCUT2D eigenvalue weighted by molar-refractivity contribution is 0.0765. The third-order valence-electron chi connectivity index (χ3n) is 2.68. The number of hydrogen-bond acceptors (Lipinski definition) is 4. The van der Waals surface area contributed by atoms with Crippen LogP contribution in [0.4, 0.5) is 11.4 Å². The molecular weight excluding hydrogens is 242 g/mol. The Morgan fingerprint density at radius 1 is 1.37 bits per heavy atom. The number of nitrogens with one attached hydrogen (secondary N) is 1. The molecule has 0 saturated carbocycles. The first kappa shape index (κ1) is 15.3. The van der Waals surface area contributed by atoms with E-state index in [-0.39, 0.29) is 6.10 Å². The summed E-state index contributed by atoms with van der Waals surface area (Å²) in [7, 11) is 0. The normalized spacial score (nSPS) is 10.7. The van der Waals surface area contributed by atoms with Crippen LogP contribution in [0.3, 0.4) is 0 Å². The molecule has 1 rings (SSSR count). The highest BCUT2D eigenvalue weighted by Crippen LogP contribution is 2.19. The molecule has 106 valence electrons. The Balaban J connectivity index is 2.36. The number of amides is 1. The molecule has 5 N–H and O–H groups in total. The summed E-state index contributed by atoms with van der Waals surface area (Å²) in [6.07, 6.45) is 2.24. The van der Waals surface area contributed by atoms with E-state index in [1.165, 1.54) is 0 Å². The molecule has 0 aromatic heterocycles. The zero-order valence-corrected chi connectivity index (χ0v) is 11.6. The average molecular weight is 265 g/mol. The molecule has 0 aliphatic rings. The quantitative estimate of drug-likeness (QED) is 0.495. The molecule has 0 aliphatic carbocycles. The molecule has 0 fully saturated rings. The summed E-state index contributed by atoms with van der Waals surface area (Å²) >= 11 is 0. The molecule has 0 bridgehead atoms. The third-order valence-corrected chi connectivity index (χ3v) is 2.68. The van der Waals surface area contributed by atoms with Crippen LogP contribution in [-0.4, -0.2) is 25.2 Å². The standard InChI is InChI=1S/C14H23N3O2/c1-10(2)19-8-4-3-7-17-13-9-11(14(16)18)5-6-12(13)15/h5-6,9-10,17H,3-4,7-8,15H2,1-2H3,(H2,16,18). The van der Waals surface area contributed by atoms with Crippen molar-refractivity contribution in [2.75, 3.05) is 24.2 Å². The predicted molar refractivity (Wildman–Crippen MR) is 78.2 cm³/mol. The van der Waals surface area contributed by atoms with Gasteiger partial charge in [-0.15, -0.1) is 0 Å². The fourth-order valence-corrected chi connectivity index (χ4v) is 1.63. The van der Waals surface area contributed by atoms with Gasteiger partial charge in [0.25, 0.3) is 0 Å². The van der Waals surface area contributed by atoms with E-state index in [1.807, 2.05) is 13.8 Å². The topological polar surface area (TPSA) is 90.4 Å². The molecule has 0 spiro atoms. The maximum absolute atomic E-state index is 11.1. The highest BCUT2D eigenvalue weighted by atomic mass is 16.5. The number of nitrogen functional groups attached to an aromatic ring is 1. The number of anilines is 2. The summed E-state index contributed by atoms with van der Waals surface area (Å²) in [5.74, 6) is -0.451. The number of carbonyl (C=O) groups is 1. The van der Waals surface area contributed by atoms with Crippen molar-refractivity contribution in [3.05, 3.63) is 23.8 Å². The molecule has 0 radical (unpaired) electrons. The minimum Gasteiger partial charge on any atom is -0.397 e. The first-order valence-corrected chi connectivity index (χ1v) is 6.55. The zero-order valence-electron chi connectivity index (χ0n) is 11.6. The number of unbranched alkanes of at least 4 members (excludes halogenated alkanes) is 1. The van der Waals surface area contributed by atoms with Gasteiger partial charge in [0, 0.05) is 18.7 Å². The van der Waals surface area contributed by atoms with Crippen LogP contribution in [0.1, 0.15) is 37.0 Å². The molecule has 0 heterocycles. The average Bonchev–Trinajstić information content (AvgIpc) is 2.34. The zero-order chi connectivity index (χ0) is 14.3. The van der Waals surface area contributed by atoms with Gasteiger partial charge in [0.15, 0.2) is 0 Å². The second kappa shape index (κ2) is 7.63. The lowest BCUT2D eigenvalue weighted by Crippen LogP contribution is -2.12. The SMILES string of the molecule is CC(C)OCCCCNc1cc(C(N)=O)ccc1N. The van der Waals surface area contributed by atoms with Gasteiger partial charge in [-0.1, -0.05) is 0 Å². The minimum atomic E-state index is -0.451. The van der Waals surface area contributed by atoms with Crippen molar-refractivity contribution < 1.29 is 9.53 Å². The van der Waals surface area contributed by atoms with Gasteiger partial charge >= 0.3 is 0 Å². The van der Waals surface area contributed by atoms with Crippen LogP contribution < -0.4 is 16.8 Å². The summed E-state index contributed by atoms with van der Waals surface area (Å²) in [4.78, 5) is 11.1.